The predicted octanol–water partition coefficient (Wildman–Crippen LogP) is 3.89. The standard InChI is InChI=1S/C28H27FN6O/c29-23-10-6-21(7-11-23)3-2-20-4-8-22(9-5-20)25-18-24(19-26(33-25)27(30)36)34-14-16-35(17-15-34)28-31-12-1-13-32-28/h1,4-13,18-19H,2-3,14-17H2,(H2,30,36). The van der Waals surface area contributed by atoms with Crippen LogP contribution in [0.4, 0.5) is 16.0 Å². The van der Waals surface area contributed by atoms with Crippen LogP contribution in [0.25, 0.3) is 11.3 Å². The number of hydrogen-bond acceptors (Lipinski definition) is 6. The zero-order chi connectivity index (χ0) is 24.9. The Morgan fingerprint density at radius 2 is 1.42 bits per heavy atom. The third-order valence-corrected chi connectivity index (χ3v) is 6.41. The summed E-state index contributed by atoms with van der Waals surface area (Å²) in [5, 5.41) is 0. The van der Waals surface area contributed by atoms with Crippen molar-refractivity contribution in [2.45, 2.75) is 12.8 Å². The molecule has 0 spiro atoms. The molecule has 0 unspecified atom stereocenters. The fourth-order valence-electron chi connectivity index (χ4n) is 4.37. The summed E-state index contributed by atoms with van der Waals surface area (Å²) in [5.41, 5.74) is 10.7. The lowest BCUT2D eigenvalue weighted by molar-refractivity contribution is 0.0995. The zero-order valence-corrected chi connectivity index (χ0v) is 19.8. The summed E-state index contributed by atoms with van der Waals surface area (Å²) in [5.74, 6) is -0.0458. The first kappa shape index (κ1) is 23.4. The second-order valence-electron chi connectivity index (χ2n) is 8.81. The summed E-state index contributed by atoms with van der Waals surface area (Å²) in [7, 11) is 0. The number of benzene rings is 2. The van der Waals surface area contributed by atoms with Crippen molar-refractivity contribution in [1.29, 1.82) is 0 Å². The van der Waals surface area contributed by atoms with Gasteiger partial charge in [0, 0.05) is 49.8 Å². The van der Waals surface area contributed by atoms with E-state index in [1.165, 1.54) is 17.7 Å². The van der Waals surface area contributed by atoms with Crippen LogP contribution in [0.2, 0.25) is 0 Å². The molecule has 7 nitrogen and oxygen atoms in total. The summed E-state index contributed by atoms with van der Waals surface area (Å²) < 4.78 is 13.1. The van der Waals surface area contributed by atoms with Crippen LogP contribution in [0.1, 0.15) is 21.6 Å². The molecule has 1 aliphatic rings. The molecule has 8 heteroatoms. The Balaban J connectivity index is 1.30. The Hall–Kier alpha value is -4.33. The van der Waals surface area contributed by atoms with Crippen molar-refractivity contribution < 1.29 is 9.18 Å². The van der Waals surface area contributed by atoms with Gasteiger partial charge in [-0.2, -0.15) is 0 Å². The zero-order valence-electron chi connectivity index (χ0n) is 19.8. The van der Waals surface area contributed by atoms with Crippen molar-refractivity contribution in [2.75, 3.05) is 36.0 Å². The highest BCUT2D eigenvalue weighted by Gasteiger charge is 2.21. The van der Waals surface area contributed by atoms with Crippen molar-refractivity contribution in [3.8, 4) is 11.3 Å². The average molecular weight is 483 g/mol. The number of carbonyl (C=O) groups excluding carboxylic acids is 1. The van der Waals surface area contributed by atoms with E-state index in [4.69, 9.17) is 5.73 Å². The molecule has 36 heavy (non-hydrogen) atoms. The number of nitrogens with two attached hydrogens (primary N) is 1. The third-order valence-electron chi connectivity index (χ3n) is 6.41. The number of hydrogen-bond donors (Lipinski definition) is 1. The molecule has 5 rings (SSSR count). The number of primary amides is 1. The molecular formula is C28H27FN6O. The second kappa shape index (κ2) is 10.5. The monoisotopic (exact) mass is 482 g/mol. The number of anilines is 2. The van der Waals surface area contributed by atoms with Crippen molar-refractivity contribution in [3.05, 3.63) is 102 Å². The Morgan fingerprint density at radius 1 is 0.833 bits per heavy atom. The van der Waals surface area contributed by atoms with E-state index in [0.29, 0.717) is 5.69 Å². The lowest BCUT2D eigenvalue weighted by Crippen LogP contribution is -2.47. The Labute approximate surface area is 209 Å². The van der Waals surface area contributed by atoms with Gasteiger partial charge in [-0.05, 0) is 54.3 Å². The fourth-order valence-corrected chi connectivity index (χ4v) is 4.37. The maximum absolute atomic E-state index is 13.1. The van der Waals surface area contributed by atoms with Gasteiger partial charge in [-0.3, -0.25) is 4.79 Å². The summed E-state index contributed by atoms with van der Waals surface area (Å²) in [6.07, 6.45) is 5.18. The van der Waals surface area contributed by atoms with E-state index in [0.717, 1.165) is 61.8 Å². The molecule has 1 aliphatic heterocycles. The Morgan fingerprint density at radius 3 is 2.03 bits per heavy atom. The highest BCUT2D eigenvalue weighted by atomic mass is 19.1. The van der Waals surface area contributed by atoms with Gasteiger partial charge < -0.3 is 15.5 Å². The van der Waals surface area contributed by atoms with Gasteiger partial charge in [0.1, 0.15) is 11.5 Å². The average Bonchev–Trinajstić information content (AvgIpc) is 2.93. The van der Waals surface area contributed by atoms with Gasteiger partial charge >= 0.3 is 0 Å². The van der Waals surface area contributed by atoms with E-state index in [2.05, 4.69) is 36.9 Å². The van der Waals surface area contributed by atoms with Gasteiger partial charge in [0.05, 0.1) is 5.69 Å². The minimum Gasteiger partial charge on any atom is -0.368 e. The number of amides is 1. The summed E-state index contributed by atoms with van der Waals surface area (Å²) in [4.78, 5) is 29.6. The maximum atomic E-state index is 13.1. The van der Waals surface area contributed by atoms with Gasteiger partial charge in [-0.1, -0.05) is 36.4 Å². The molecule has 4 aromatic rings. The molecule has 182 valence electrons. The number of halogens is 1. The van der Waals surface area contributed by atoms with Crippen LogP contribution in [0.3, 0.4) is 0 Å². The fraction of sp³-hybridized carbons (Fsp3) is 0.214. The quantitative estimate of drug-likeness (QED) is 0.430. The van der Waals surface area contributed by atoms with Crippen LogP contribution in [-0.4, -0.2) is 47.0 Å². The summed E-state index contributed by atoms with van der Waals surface area (Å²) in [6, 6.07) is 20.3. The van der Waals surface area contributed by atoms with Crippen LogP contribution in [-0.2, 0) is 12.8 Å². The number of rotatable bonds is 7. The van der Waals surface area contributed by atoms with E-state index in [1.807, 2.05) is 36.4 Å². The molecule has 1 amide bonds. The van der Waals surface area contributed by atoms with Gasteiger partial charge in [0.25, 0.3) is 5.91 Å². The molecule has 0 radical (unpaired) electrons. The first-order valence-electron chi connectivity index (χ1n) is 12.0. The summed E-state index contributed by atoms with van der Waals surface area (Å²) >= 11 is 0. The van der Waals surface area contributed by atoms with Crippen LogP contribution in [0.15, 0.2) is 79.1 Å². The highest BCUT2D eigenvalue weighted by Crippen LogP contribution is 2.26. The molecule has 1 fully saturated rings. The van der Waals surface area contributed by atoms with Gasteiger partial charge in [-0.15, -0.1) is 0 Å². The van der Waals surface area contributed by atoms with Crippen LogP contribution in [0, 0.1) is 5.82 Å². The normalized spacial score (nSPS) is 13.6. The topological polar surface area (TPSA) is 88.2 Å². The van der Waals surface area contributed by atoms with E-state index >= 15 is 0 Å². The minimum atomic E-state index is -0.551. The Bertz CT molecular complexity index is 1320. The summed E-state index contributed by atoms with van der Waals surface area (Å²) in [6.45, 7) is 3.08. The van der Waals surface area contributed by atoms with Crippen molar-refractivity contribution in [3.63, 3.8) is 0 Å². The van der Waals surface area contributed by atoms with Crippen LogP contribution < -0.4 is 15.5 Å². The number of aromatic nitrogens is 3. The maximum Gasteiger partial charge on any atom is 0.267 e. The molecule has 0 saturated carbocycles. The highest BCUT2D eigenvalue weighted by molar-refractivity contribution is 5.92. The van der Waals surface area contributed by atoms with Crippen molar-refractivity contribution in [1.82, 2.24) is 15.0 Å². The van der Waals surface area contributed by atoms with Gasteiger partial charge in [-0.25, -0.2) is 19.3 Å². The number of carbonyl (C=O) groups is 1. The minimum absolute atomic E-state index is 0.222. The second-order valence-corrected chi connectivity index (χ2v) is 8.81. The smallest absolute Gasteiger partial charge is 0.267 e. The Kier molecular flexibility index (Phi) is 6.84. The van der Waals surface area contributed by atoms with Crippen LogP contribution >= 0.6 is 0 Å². The molecule has 0 aliphatic carbocycles. The number of nitrogens with zero attached hydrogens (tertiary/aromatic N) is 5. The number of pyridine rings is 1. The molecule has 3 heterocycles. The number of piperazine rings is 1. The van der Waals surface area contributed by atoms with E-state index in [1.54, 1.807) is 18.5 Å². The largest absolute Gasteiger partial charge is 0.368 e. The van der Waals surface area contributed by atoms with Crippen molar-refractivity contribution >= 4 is 17.5 Å². The molecule has 0 atom stereocenters. The predicted molar refractivity (Wildman–Crippen MR) is 138 cm³/mol. The first-order valence-corrected chi connectivity index (χ1v) is 12.0. The van der Waals surface area contributed by atoms with Crippen LogP contribution in [0.5, 0.6) is 0 Å². The molecule has 2 aromatic heterocycles. The molecule has 2 N–H and O–H groups in total. The lowest BCUT2D eigenvalue weighted by atomic mass is 10.0. The van der Waals surface area contributed by atoms with Gasteiger partial charge in [0.2, 0.25) is 5.95 Å². The van der Waals surface area contributed by atoms with E-state index in [9.17, 15) is 9.18 Å². The molecular weight excluding hydrogens is 455 g/mol. The number of aryl methyl sites for hydroxylation is 2. The SMILES string of the molecule is NC(=O)c1cc(N2CCN(c3ncccn3)CC2)cc(-c2ccc(CCc3ccc(F)cc3)cc2)n1. The van der Waals surface area contributed by atoms with Gasteiger partial charge in [0.15, 0.2) is 0 Å². The molecule has 1 saturated heterocycles. The van der Waals surface area contributed by atoms with E-state index in [-0.39, 0.29) is 11.5 Å². The molecule has 2 aromatic carbocycles. The molecule has 0 bridgehead atoms. The third kappa shape index (κ3) is 5.49. The van der Waals surface area contributed by atoms with E-state index < -0.39 is 5.91 Å². The van der Waals surface area contributed by atoms with Crippen molar-refractivity contribution in [2.24, 2.45) is 5.73 Å². The first-order chi connectivity index (χ1) is 17.5. The lowest BCUT2D eigenvalue weighted by Gasteiger charge is -2.36.